The van der Waals surface area contributed by atoms with Gasteiger partial charge in [-0.25, -0.2) is 4.98 Å². The normalized spacial score (nSPS) is 24.7. The molecule has 1 amide bonds. The standard InChI is InChI=1S/C17H25N3O/c1-2-10-18-14-8-9-15(19-12-14)17(21)20-11-4-6-13-5-3-7-16(13)20/h8-9,12-13,16,18H,2-7,10-11H2,1H3. The Balaban J connectivity index is 1.69. The number of pyridine rings is 1. The van der Waals surface area contributed by atoms with E-state index in [9.17, 15) is 4.79 Å². The molecule has 2 fully saturated rings. The number of fused-ring (bicyclic) bond motifs is 1. The minimum atomic E-state index is 0.119. The maximum Gasteiger partial charge on any atom is 0.272 e. The number of hydrogen-bond acceptors (Lipinski definition) is 3. The van der Waals surface area contributed by atoms with Gasteiger partial charge in [0, 0.05) is 19.1 Å². The molecule has 2 aliphatic rings. The van der Waals surface area contributed by atoms with Crippen LogP contribution < -0.4 is 5.32 Å². The minimum absolute atomic E-state index is 0.119. The van der Waals surface area contributed by atoms with Gasteiger partial charge >= 0.3 is 0 Å². The fourth-order valence-corrected chi connectivity index (χ4v) is 3.75. The average molecular weight is 287 g/mol. The summed E-state index contributed by atoms with van der Waals surface area (Å²) in [5.74, 6) is 0.849. The average Bonchev–Trinajstić information content (AvgIpc) is 3.01. The molecule has 2 unspecified atom stereocenters. The Morgan fingerprint density at radius 2 is 2.19 bits per heavy atom. The molecule has 0 bridgehead atoms. The van der Waals surface area contributed by atoms with E-state index in [1.54, 1.807) is 6.20 Å². The highest BCUT2D eigenvalue weighted by atomic mass is 16.2. The molecular formula is C17H25N3O. The molecule has 1 aliphatic heterocycles. The Morgan fingerprint density at radius 1 is 1.33 bits per heavy atom. The van der Waals surface area contributed by atoms with Gasteiger partial charge in [0.25, 0.3) is 5.91 Å². The van der Waals surface area contributed by atoms with E-state index in [0.717, 1.165) is 37.5 Å². The first kappa shape index (κ1) is 14.4. The van der Waals surface area contributed by atoms with Crippen molar-refractivity contribution in [3.05, 3.63) is 24.0 Å². The molecule has 1 aromatic rings. The monoisotopic (exact) mass is 287 g/mol. The van der Waals surface area contributed by atoms with Crippen LogP contribution in [0.3, 0.4) is 0 Å². The van der Waals surface area contributed by atoms with Crippen LogP contribution in [0.15, 0.2) is 18.3 Å². The lowest BCUT2D eigenvalue weighted by atomic mass is 9.91. The van der Waals surface area contributed by atoms with Gasteiger partial charge in [0.1, 0.15) is 5.69 Å². The van der Waals surface area contributed by atoms with Crippen molar-refractivity contribution in [2.75, 3.05) is 18.4 Å². The van der Waals surface area contributed by atoms with Crippen LogP contribution in [0.5, 0.6) is 0 Å². The number of likely N-dealkylation sites (tertiary alicyclic amines) is 1. The maximum absolute atomic E-state index is 12.7. The molecule has 1 aliphatic carbocycles. The van der Waals surface area contributed by atoms with E-state index >= 15 is 0 Å². The summed E-state index contributed by atoms with van der Waals surface area (Å²) >= 11 is 0. The Morgan fingerprint density at radius 3 is 2.95 bits per heavy atom. The van der Waals surface area contributed by atoms with Gasteiger partial charge in [-0.05, 0) is 50.2 Å². The number of rotatable bonds is 4. The second kappa shape index (κ2) is 6.46. The maximum atomic E-state index is 12.7. The molecule has 21 heavy (non-hydrogen) atoms. The molecule has 1 saturated carbocycles. The number of piperidine rings is 1. The third-order valence-corrected chi connectivity index (χ3v) is 4.82. The van der Waals surface area contributed by atoms with Crippen LogP contribution in [-0.4, -0.2) is 34.9 Å². The summed E-state index contributed by atoms with van der Waals surface area (Å²) in [5.41, 5.74) is 1.58. The van der Waals surface area contributed by atoms with Gasteiger partial charge < -0.3 is 10.2 Å². The third kappa shape index (κ3) is 3.04. The Bertz CT molecular complexity index is 485. The topological polar surface area (TPSA) is 45.2 Å². The van der Waals surface area contributed by atoms with E-state index in [4.69, 9.17) is 0 Å². The zero-order chi connectivity index (χ0) is 14.7. The van der Waals surface area contributed by atoms with Crippen LogP contribution in [0.4, 0.5) is 5.69 Å². The predicted molar refractivity (Wildman–Crippen MR) is 84.4 cm³/mol. The summed E-state index contributed by atoms with van der Waals surface area (Å²) in [4.78, 5) is 19.2. The first-order chi connectivity index (χ1) is 10.3. The lowest BCUT2D eigenvalue weighted by Gasteiger charge is -2.37. The quantitative estimate of drug-likeness (QED) is 0.924. The Hall–Kier alpha value is -1.58. The molecule has 0 radical (unpaired) electrons. The van der Waals surface area contributed by atoms with Crippen LogP contribution >= 0.6 is 0 Å². The summed E-state index contributed by atoms with van der Waals surface area (Å²) in [7, 11) is 0. The molecule has 0 aromatic carbocycles. The lowest BCUT2D eigenvalue weighted by molar-refractivity contribution is 0.0542. The summed E-state index contributed by atoms with van der Waals surface area (Å²) in [6.45, 7) is 3.97. The summed E-state index contributed by atoms with van der Waals surface area (Å²) < 4.78 is 0. The van der Waals surface area contributed by atoms with Crippen molar-refractivity contribution >= 4 is 11.6 Å². The summed E-state index contributed by atoms with van der Waals surface area (Å²) in [6.07, 6.45) is 9.03. The van der Waals surface area contributed by atoms with Crippen molar-refractivity contribution in [1.29, 1.82) is 0 Å². The molecule has 2 heterocycles. The number of amides is 1. The van der Waals surface area contributed by atoms with Crippen molar-refractivity contribution < 1.29 is 4.79 Å². The molecule has 3 rings (SSSR count). The fraction of sp³-hybridized carbons (Fsp3) is 0.647. The molecule has 1 N–H and O–H groups in total. The SMILES string of the molecule is CCCNc1ccc(C(=O)N2CCCC3CCCC32)nc1. The van der Waals surface area contributed by atoms with Gasteiger partial charge in [-0.3, -0.25) is 4.79 Å². The zero-order valence-electron chi connectivity index (χ0n) is 12.8. The van der Waals surface area contributed by atoms with E-state index in [-0.39, 0.29) is 5.91 Å². The van der Waals surface area contributed by atoms with Crippen LogP contribution in [0.1, 0.15) is 55.9 Å². The lowest BCUT2D eigenvalue weighted by Crippen LogP contribution is -2.46. The highest BCUT2D eigenvalue weighted by molar-refractivity contribution is 5.92. The molecule has 1 saturated heterocycles. The number of aromatic nitrogens is 1. The molecule has 114 valence electrons. The van der Waals surface area contributed by atoms with Crippen molar-refractivity contribution in [1.82, 2.24) is 9.88 Å². The van der Waals surface area contributed by atoms with E-state index < -0.39 is 0 Å². The smallest absolute Gasteiger partial charge is 0.272 e. The number of hydrogen-bond donors (Lipinski definition) is 1. The number of nitrogens with one attached hydrogen (secondary N) is 1. The fourth-order valence-electron chi connectivity index (χ4n) is 3.75. The van der Waals surface area contributed by atoms with E-state index in [2.05, 4.69) is 22.1 Å². The Labute approximate surface area is 126 Å². The van der Waals surface area contributed by atoms with Gasteiger partial charge in [-0.1, -0.05) is 13.3 Å². The van der Waals surface area contributed by atoms with Gasteiger partial charge in [-0.2, -0.15) is 0 Å². The number of carbonyl (C=O) groups is 1. The van der Waals surface area contributed by atoms with Crippen LogP contribution in [-0.2, 0) is 0 Å². The highest BCUT2D eigenvalue weighted by Crippen LogP contribution is 2.37. The van der Waals surface area contributed by atoms with Gasteiger partial charge in [0.05, 0.1) is 11.9 Å². The zero-order valence-corrected chi connectivity index (χ0v) is 12.8. The van der Waals surface area contributed by atoms with Crippen molar-refractivity contribution in [2.45, 2.75) is 51.5 Å². The highest BCUT2D eigenvalue weighted by Gasteiger charge is 2.37. The van der Waals surface area contributed by atoms with Crippen molar-refractivity contribution in [3.63, 3.8) is 0 Å². The molecule has 4 nitrogen and oxygen atoms in total. The minimum Gasteiger partial charge on any atom is -0.384 e. The van der Waals surface area contributed by atoms with Crippen LogP contribution in [0.2, 0.25) is 0 Å². The Kier molecular flexibility index (Phi) is 4.42. The second-order valence-electron chi connectivity index (χ2n) is 6.26. The number of carbonyl (C=O) groups excluding carboxylic acids is 1. The summed E-state index contributed by atoms with van der Waals surface area (Å²) in [6, 6.07) is 4.29. The molecule has 0 spiro atoms. The van der Waals surface area contributed by atoms with E-state index in [1.807, 2.05) is 12.1 Å². The predicted octanol–water partition coefficient (Wildman–Crippen LogP) is 3.31. The molecule has 1 aromatic heterocycles. The summed E-state index contributed by atoms with van der Waals surface area (Å²) in [5, 5.41) is 3.29. The van der Waals surface area contributed by atoms with Crippen LogP contribution in [0, 0.1) is 5.92 Å². The van der Waals surface area contributed by atoms with Crippen molar-refractivity contribution in [3.8, 4) is 0 Å². The number of anilines is 1. The molecule has 4 heteroatoms. The van der Waals surface area contributed by atoms with Crippen LogP contribution in [0.25, 0.3) is 0 Å². The number of nitrogens with zero attached hydrogens (tertiary/aromatic N) is 2. The van der Waals surface area contributed by atoms with Gasteiger partial charge in [0.2, 0.25) is 0 Å². The van der Waals surface area contributed by atoms with E-state index in [1.165, 1.54) is 25.7 Å². The third-order valence-electron chi connectivity index (χ3n) is 4.82. The van der Waals surface area contributed by atoms with E-state index in [0.29, 0.717) is 11.7 Å². The second-order valence-corrected chi connectivity index (χ2v) is 6.26. The molecular weight excluding hydrogens is 262 g/mol. The first-order valence-electron chi connectivity index (χ1n) is 8.30. The van der Waals surface area contributed by atoms with Gasteiger partial charge in [0.15, 0.2) is 0 Å². The van der Waals surface area contributed by atoms with Crippen molar-refractivity contribution in [2.24, 2.45) is 5.92 Å². The van der Waals surface area contributed by atoms with Gasteiger partial charge in [-0.15, -0.1) is 0 Å². The first-order valence-corrected chi connectivity index (χ1v) is 8.30. The molecule has 2 atom stereocenters. The largest absolute Gasteiger partial charge is 0.384 e.